The Bertz CT molecular complexity index is 1670. The Morgan fingerprint density at radius 2 is 1.56 bits per heavy atom. The molecule has 0 aliphatic rings. The first kappa shape index (κ1) is 27.5. The molecule has 0 saturated carbocycles. The number of hydrogen-bond donors (Lipinski definition) is 1. The predicted molar refractivity (Wildman–Crippen MR) is 143 cm³/mol. The molecular weight excluding hydrogens is 563 g/mol. The van der Waals surface area contributed by atoms with Crippen molar-refractivity contribution in [1.82, 2.24) is 14.8 Å². The van der Waals surface area contributed by atoms with Crippen molar-refractivity contribution in [3.05, 3.63) is 113 Å². The van der Waals surface area contributed by atoms with E-state index in [2.05, 4.69) is 14.8 Å². The van der Waals surface area contributed by atoms with Crippen LogP contribution in [0.25, 0.3) is 17.1 Å². The quantitative estimate of drug-likeness (QED) is 0.185. The maximum atomic E-state index is 13.8. The molecule has 12 heteroatoms. The number of nitrogens with zero attached hydrogens (tertiary/aromatic N) is 3. The van der Waals surface area contributed by atoms with Gasteiger partial charge in [-0.2, -0.15) is 18.3 Å². The molecule has 0 spiro atoms. The lowest BCUT2D eigenvalue weighted by molar-refractivity contribution is -0.143. The van der Waals surface area contributed by atoms with Gasteiger partial charge in [-0.25, -0.2) is 14.5 Å². The number of alkyl halides is 3. The Morgan fingerprint density at radius 3 is 2.24 bits per heavy atom. The molecule has 0 bridgehead atoms. The fraction of sp³-hybridized carbons (Fsp3) is 0.0690. The van der Waals surface area contributed by atoms with Crippen molar-refractivity contribution in [2.24, 2.45) is 0 Å². The zero-order chi connectivity index (χ0) is 29.0. The van der Waals surface area contributed by atoms with Gasteiger partial charge in [-0.15, -0.1) is 0 Å². The first-order valence-electron chi connectivity index (χ1n) is 12.0. The Labute approximate surface area is 236 Å². The standard InChI is InChI=1S/C29H19ClF3N3O5/c30-19-10-14-21(15-11-19)40-20-12-8-18(9-13-20)17-39-24-6-2-1-4-22(24)23-5-3-7-26(35-23)36-27(29(31,32)33)25(16-34-36)41-28(37)38/h1-16H,17H2,(H,37,38). The van der Waals surface area contributed by atoms with Crippen molar-refractivity contribution in [1.29, 1.82) is 0 Å². The van der Waals surface area contributed by atoms with Gasteiger partial charge in [0, 0.05) is 10.6 Å². The lowest BCUT2D eigenvalue weighted by atomic mass is 10.1. The number of para-hydroxylation sites is 1. The highest BCUT2D eigenvalue weighted by atomic mass is 35.5. The third-order valence-corrected chi connectivity index (χ3v) is 5.93. The molecule has 5 aromatic rings. The number of rotatable bonds is 8. The van der Waals surface area contributed by atoms with Crippen molar-refractivity contribution in [2.75, 3.05) is 0 Å². The summed E-state index contributed by atoms with van der Waals surface area (Å²) in [7, 11) is 0. The third-order valence-electron chi connectivity index (χ3n) is 5.68. The van der Waals surface area contributed by atoms with Crippen molar-refractivity contribution in [3.8, 4) is 40.1 Å². The third kappa shape index (κ3) is 6.59. The summed E-state index contributed by atoms with van der Waals surface area (Å²) >= 11 is 5.90. The molecule has 0 radical (unpaired) electrons. The van der Waals surface area contributed by atoms with Gasteiger partial charge in [0.15, 0.2) is 17.3 Å². The van der Waals surface area contributed by atoms with E-state index >= 15 is 0 Å². The molecule has 1 N–H and O–H groups in total. The van der Waals surface area contributed by atoms with Crippen LogP contribution in [0.15, 0.2) is 97.2 Å². The van der Waals surface area contributed by atoms with Gasteiger partial charge in [-0.3, -0.25) is 0 Å². The van der Waals surface area contributed by atoms with Crippen LogP contribution in [-0.4, -0.2) is 26.0 Å². The predicted octanol–water partition coefficient (Wildman–Crippen LogP) is 8.03. The normalized spacial score (nSPS) is 11.2. The lowest BCUT2D eigenvalue weighted by Gasteiger charge is -2.14. The zero-order valence-electron chi connectivity index (χ0n) is 20.9. The molecular formula is C29H19ClF3N3O5. The lowest BCUT2D eigenvalue weighted by Crippen LogP contribution is -2.17. The van der Waals surface area contributed by atoms with E-state index < -0.39 is 23.8 Å². The van der Waals surface area contributed by atoms with Crippen LogP contribution < -0.4 is 14.2 Å². The molecule has 5 rings (SSSR count). The fourth-order valence-corrected chi connectivity index (χ4v) is 4.01. The molecule has 2 heterocycles. The Hall–Kier alpha value is -5.03. The minimum Gasteiger partial charge on any atom is -0.488 e. The maximum absolute atomic E-state index is 13.8. The smallest absolute Gasteiger partial charge is 0.488 e. The largest absolute Gasteiger partial charge is 0.511 e. The van der Waals surface area contributed by atoms with E-state index in [0.717, 1.165) is 5.56 Å². The van der Waals surface area contributed by atoms with Gasteiger partial charge in [0.05, 0.1) is 11.9 Å². The fourth-order valence-electron chi connectivity index (χ4n) is 3.88. The van der Waals surface area contributed by atoms with Gasteiger partial charge < -0.3 is 19.3 Å². The Kier molecular flexibility index (Phi) is 7.79. The summed E-state index contributed by atoms with van der Waals surface area (Å²) < 4.78 is 57.9. The van der Waals surface area contributed by atoms with Crippen molar-refractivity contribution in [2.45, 2.75) is 12.8 Å². The topological polar surface area (TPSA) is 95.7 Å². The van der Waals surface area contributed by atoms with E-state index in [1.807, 2.05) is 12.1 Å². The molecule has 0 aliphatic heterocycles. The number of pyridine rings is 1. The SMILES string of the molecule is O=C(O)Oc1cnn(-c2cccc(-c3ccccc3OCc3ccc(Oc4ccc(Cl)cc4)cc3)n2)c1C(F)(F)F. The van der Waals surface area contributed by atoms with Crippen LogP contribution in [0.4, 0.5) is 18.0 Å². The number of carbonyl (C=O) groups is 1. The van der Waals surface area contributed by atoms with Crippen LogP contribution >= 0.6 is 11.6 Å². The summed E-state index contributed by atoms with van der Waals surface area (Å²) in [5.74, 6) is 0.577. The minimum absolute atomic E-state index is 0.193. The average Bonchev–Trinajstić information content (AvgIpc) is 3.38. The highest BCUT2D eigenvalue weighted by molar-refractivity contribution is 6.30. The number of halogens is 4. The molecule has 0 fully saturated rings. The maximum Gasteiger partial charge on any atom is 0.511 e. The number of carboxylic acid groups (broad SMARTS) is 1. The van der Waals surface area contributed by atoms with Gasteiger partial charge in [0.1, 0.15) is 23.9 Å². The van der Waals surface area contributed by atoms with Crippen LogP contribution in [0.3, 0.4) is 0 Å². The molecule has 0 aliphatic carbocycles. The van der Waals surface area contributed by atoms with Crippen LogP contribution in [0.5, 0.6) is 23.0 Å². The van der Waals surface area contributed by atoms with Crippen LogP contribution in [0.1, 0.15) is 11.3 Å². The second-order valence-corrected chi connectivity index (χ2v) is 8.94. The monoisotopic (exact) mass is 581 g/mol. The number of ether oxygens (including phenoxy) is 3. The molecule has 0 unspecified atom stereocenters. The first-order chi connectivity index (χ1) is 19.7. The van der Waals surface area contributed by atoms with Gasteiger partial charge in [-0.05, 0) is 66.2 Å². The van der Waals surface area contributed by atoms with E-state index in [9.17, 15) is 18.0 Å². The van der Waals surface area contributed by atoms with Crippen molar-refractivity contribution >= 4 is 17.8 Å². The van der Waals surface area contributed by atoms with E-state index in [4.69, 9.17) is 26.2 Å². The average molecular weight is 582 g/mol. The van der Waals surface area contributed by atoms with Crippen LogP contribution in [0.2, 0.25) is 5.02 Å². The van der Waals surface area contributed by atoms with Crippen molar-refractivity contribution < 1.29 is 37.3 Å². The molecule has 41 heavy (non-hydrogen) atoms. The molecule has 8 nitrogen and oxygen atoms in total. The Balaban J connectivity index is 1.35. The number of hydrogen-bond acceptors (Lipinski definition) is 6. The van der Waals surface area contributed by atoms with Gasteiger partial charge in [0.2, 0.25) is 0 Å². The molecule has 208 valence electrons. The summed E-state index contributed by atoms with van der Waals surface area (Å²) in [6, 6.07) is 25.7. The van der Waals surface area contributed by atoms with Gasteiger partial charge in [0.25, 0.3) is 0 Å². The highest BCUT2D eigenvalue weighted by Gasteiger charge is 2.41. The second-order valence-electron chi connectivity index (χ2n) is 8.50. The zero-order valence-corrected chi connectivity index (χ0v) is 21.6. The molecule has 3 aromatic carbocycles. The molecule has 0 saturated heterocycles. The summed E-state index contributed by atoms with van der Waals surface area (Å²) in [4.78, 5) is 15.2. The molecule has 2 aromatic heterocycles. The van der Waals surface area contributed by atoms with Gasteiger partial charge >= 0.3 is 12.3 Å². The Morgan fingerprint density at radius 1 is 0.878 bits per heavy atom. The summed E-state index contributed by atoms with van der Waals surface area (Å²) in [6.07, 6.45) is -6.18. The summed E-state index contributed by atoms with van der Waals surface area (Å²) in [6.45, 7) is 0.200. The molecule has 0 atom stereocenters. The van der Waals surface area contributed by atoms with E-state index in [-0.39, 0.29) is 12.4 Å². The van der Waals surface area contributed by atoms with Crippen LogP contribution in [-0.2, 0) is 12.8 Å². The van der Waals surface area contributed by atoms with Crippen molar-refractivity contribution in [3.63, 3.8) is 0 Å². The van der Waals surface area contributed by atoms with Crippen LogP contribution in [0, 0.1) is 0 Å². The first-order valence-corrected chi connectivity index (χ1v) is 12.3. The minimum atomic E-state index is -4.96. The second kappa shape index (κ2) is 11.6. The van der Waals surface area contributed by atoms with Gasteiger partial charge in [-0.1, -0.05) is 41.9 Å². The van der Waals surface area contributed by atoms with E-state index in [1.54, 1.807) is 66.7 Å². The molecule has 0 amide bonds. The summed E-state index contributed by atoms with van der Waals surface area (Å²) in [5, 5.41) is 13.1. The number of benzene rings is 3. The van der Waals surface area contributed by atoms with E-state index in [1.165, 1.54) is 12.1 Å². The number of aromatic nitrogens is 3. The highest BCUT2D eigenvalue weighted by Crippen LogP contribution is 2.38. The van der Waals surface area contributed by atoms with E-state index in [0.29, 0.717) is 44.4 Å². The summed E-state index contributed by atoms with van der Waals surface area (Å²) in [5.41, 5.74) is 0.286.